The molecule has 3 aromatic rings. The summed E-state index contributed by atoms with van der Waals surface area (Å²) in [5, 5.41) is 3.54. The second-order valence-corrected chi connectivity index (χ2v) is 13.2. The number of sulfonamides is 1. The summed E-state index contributed by atoms with van der Waals surface area (Å²) in [6.07, 6.45) is 4.93. The summed E-state index contributed by atoms with van der Waals surface area (Å²) in [5.41, 5.74) is 2.81. The van der Waals surface area contributed by atoms with Gasteiger partial charge in [0.1, 0.15) is 12.6 Å². The molecule has 0 aromatic heterocycles. The zero-order valence-electron chi connectivity index (χ0n) is 24.6. The van der Waals surface area contributed by atoms with Gasteiger partial charge in [-0.1, -0.05) is 85.5 Å². The van der Waals surface area contributed by atoms with Gasteiger partial charge < -0.3 is 10.2 Å². The summed E-state index contributed by atoms with van der Waals surface area (Å²) in [7, 11) is -4.15. The molecule has 1 N–H and O–H groups in total. The highest BCUT2D eigenvalue weighted by atomic mass is 35.5. The summed E-state index contributed by atoms with van der Waals surface area (Å²) >= 11 is 6.42. The van der Waals surface area contributed by atoms with Gasteiger partial charge in [0.05, 0.1) is 10.6 Å². The molecule has 1 aliphatic carbocycles. The lowest BCUT2D eigenvalue weighted by atomic mass is 10.1. The van der Waals surface area contributed by atoms with Crippen molar-refractivity contribution in [2.24, 2.45) is 0 Å². The van der Waals surface area contributed by atoms with Gasteiger partial charge in [-0.15, -0.1) is 0 Å². The summed E-state index contributed by atoms with van der Waals surface area (Å²) in [6.45, 7) is 5.29. The summed E-state index contributed by atoms with van der Waals surface area (Å²) in [5.74, 6) is -0.646. The average Bonchev–Trinajstić information content (AvgIpc) is 3.49. The lowest BCUT2D eigenvalue weighted by Crippen LogP contribution is -2.54. The van der Waals surface area contributed by atoms with E-state index in [-0.39, 0.29) is 23.4 Å². The third-order valence-electron chi connectivity index (χ3n) is 7.97. The molecular weight excluding hydrogens is 570 g/mol. The number of carbonyl (C=O) groups is 2. The predicted molar refractivity (Wildman–Crippen MR) is 168 cm³/mol. The van der Waals surface area contributed by atoms with Crippen molar-refractivity contribution in [2.45, 2.75) is 76.3 Å². The van der Waals surface area contributed by atoms with Crippen molar-refractivity contribution >= 4 is 39.1 Å². The third-order valence-corrected chi connectivity index (χ3v) is 10.2. The molecule has 0 radical (unpaired) electrons. The van der Waals surface area contributed by atoms with Crippen LogP contribution in [0, 0.1) is 13.8 Å². The first-order valence-electron chi connectivity index (χ1n) is 14.6. The summed E-state index contributed by atoms with van der Waals surface area (Å²) in [4.78, 5) is 29.4. The van der Waals surface area contributed by atoms with Crippen LogP contribution in [0.5, 0.6) is 0 Å². The molecule has 0 aliphatic heterocycles. The number of amides is 2. The first-order valence-corrected chi connectivity index (χ1v) is 16.4. The highest BCUT2D eigenvalue weighted by Crippen LogP contribution is 2.31. The van der Waals surface area contributed by atoms with Crippen LogP contribution in [0.2, 0.25) is 5.02 Å². The van der Waals surface area contributed by atoms with E-state index < -0.39 is 28.5 Å². The molecule has 224 valence electrons. The van der Waals surface area contributed by atoms with Crippen molar-refractivity contribution in [3.05, 3.63) is 94.5 Å². The Morgan fingerprint density at radius 2 is 1.62 bits per heavy atom. The summed E-state index contributed by atoms with van der Waals surface area (Å²) in [6, 6.07) is 20.7. The molecule has 1 fully saturated rings. The Hall–Kier alpha value is -3.36. The van der Waals surface area contributed by atoms with Gasteiger partial charge in [-0.25, -0.2) is 8.42 Å². The van der Waals surface area contributed by atoms with Gasteiger partial charge in [0.25, 0.3) is 10.0 Å². The molecule has 1 saturated carbocycles. The van der Waals surface area contributed by atoms with Crippen LogP contribution in [0.3, 0.4) is 0 Å². The Labute approximate surface area is 254 Å². The number of anilines is 1. The van der Waals surface area contributed by atoms with Crippen molar-refractivity contribution in [1.29, 1.82) is 0 Å². The smallest absolute Gasteiger partial charge is 0.264 e. The van der Waals surface area contributed by atoms with Crippen molar-refractivity contribution in [1.82, 2.24) is 10.2 Å². The van der Waals surface area contributed by atoms with Crippen LogP contribution in [0.25, 0.3) is 0 Å². The maximum Gasteiger partial charge on any atom is 0.264 e. The van der Waals surface area contributed by atoms with E-state index in [2.05, 4.69) is 5.32 Å². The molecule has 9 heteroatoms. The molecule has 7 nitrogen and oxygen atoms in total. The molecule has 0 spiro atoms. The summed E-state index contributed by atoms with van der Waals surface area (Å²) < 4.78 is 29.3. The van der Waals surface area contributed by atoms with Crippen LogP contribution < -0.4 is 9.62 Å². The average molecular weight is 610 g/mol. The second kappa shape index (κ2) is 14.2. The number of aryl methyl sites for hydroxylation is 1. The van der Waals surface area contributed by atoms with E-state index in [1.807, 2.05) is 44.2 Å². The molecule has 0 heterocycles. The molecule has 0 bridgehead atoms. The normalized spacial score (nSPS) is 14.4. The van der Waals surface area contributed by atoms with Gasteiger partial charge >= 0.3 is 0 Å². The monoisotopic (exact) mass is 609 g/mol. The third kappa shape index (κ3) is 7.53. The Bertz CT molecular complexity index is 1470. The van der Waals surface area contributed by atoms with Crippen LogP contribution in [0.1, 0.15) is 55.7 Å². The number of hydrogen-bond acceptors (Lipinski definition) is 4. The van der Waals surface area contributed by atoms with Gasteiger partial charge in [0.15, 0.2) is 0 Å². The Balaban J connectivity index is 1.70. The first-order chi connectivity index (χ1) is 20.1. The SMILES string of the molecule is CC[C@H](C(=O)NC1CCCC1)N(CCc1ccccc1)C(=O)CN(c1cccc(Cl)c1C)S(=O)(=O)c1ccc(C)cc1. The van der Waals surface area contributed by atoms with E-state index in [0.29, 0.717) is 29.1 Å². The first kappa shape index (κ1) is 31.6. The maximum absolute atomic E-state index is 14.2. The molecule has 42 heavy (non-hydrogen) atoms. The molecular formula is C33H40ClN3O4S. The number of hydrogen-bond donors (Lipinski definition) is 1. The van der Waals surface area contributed by atoms with E-state index in [9.17, 15) is 18.0 Å². The highest BCUT2D eigenvalue weighted by molar-refractivity contribution is 7.92. The van der Waals surface area contributed by atoms with Gasteiger partial charge in [-0.2, -0.15) is 0 Å². The van der Waals surface area contributed by atoms with Crippen LogP contribution >= 0.6 is 11.6 Å². The number of halogens is 1. The number of rotatable bonds is 12. The number of nitrogens with one attached hydrogen (secondary N) is 1. The second-order valence-electron chi connectivity index (χ2n) is 10.9. The number of carbonyl (C=O) groups excluding carboxylic acids is 2. The minimum absolute atomic E-state index is 0.0714. The number of nitrogens with zero attached hydrogens (tertiary/aromatic N) is 2. The highest BCUT2D eigenvalue weighted by Gasteiger charge is 2.35. The quantitative estimate of drug-likeness (QED) is 0.270. The number of benzene rings is 3. The zero-order valence-corrected chi connectivity index (χ0v) is 26.1. The van der Waals surface area contributed by atoms with Crippen LogP contribution in [-0.4, -0.2) is 50.3 Å². The van der Waals surface area contributed by atoms with Crippen molar-refractivity contribution < 1.29 is 18.0 Å². The van der Waals surface area contributed by atoms with E-state index in [1.54, 1.807) is 54.3 Å². The van der Waals surface area contributed by atoms with E-state index in [0.717, 1.165) is 41.1 Å². The Morgan fingerprint density at radius 3 is 2.26 bits per heavy atom. The molecule has 0 saturated heterocycles. The van der Waals surface area contributed by atoms with Crippen molar-refractivity contribution in [3.63, 3.8) is 0 Å². The van der Waals surface area contributed by atoms with Gasteiger partial charge in [-0.3, -0.25) is 13.9 Å². The minimum atomic E-state index is -4.15. The fourth-order valence-electron chi connectivity index (χ4n) is 5.48. The predicted octanol–water partition coefficient (Wildman–Crippen LogP) is 6.06. The maximum atomic E-state index is 14.2. The Morgan fingerprint density at radius 1 is 0.952 bits per heavy atom. The molecule has 1 aliphatic rings. The Kier molecular flexibility index (Phi) is 10.7. The van der Waals surface area contributed by atoms with E-state index in [1.165, 1.54) is 0 Å². The standard InChI is InChI=1S/C33H40ClN3O4S/c1-4-30(33(39)35-27-13-8-9-14-27)36(22-21-26-11-6-5-7-12-26)32(38)23-37(31-16-10-15-29(34)25(31)3)42(40,41)28-19-17-24(2)18-20-28/h5-7,10-12,15-20,27,30H,4,8-9,13-14,21-23H2,1-3H3,(H,35,39)/t30-/m1/s1. The van der Waals surface area contributed by atoms with Gasteiger partial charge in [-0.05, 0) is 74.9 Å². The molecule has 0 unspecified atom stereocenters. The molecule has 3 aromatic carbocycles. The minimum Gasteiger partial charge on any atom is -0.352 e. The van der Waals surface area contributed by atoms with E-state index in [4.69, 9.17) is 11.6 Å². The largest absolute Gasteiger partial charge is 0.352 e. The van der Waals surface area contributed by atoms with E-state index >= 15 is 0 Å². The topological polar surface area (TPSA) is 86.8 Å². The van der Waals surface area contributed by atoms with Crippen molar-refractivity contribution in [2.75, 3.05) is 17.4 Å². The lowest BCUT2D eigenvalue weighted by molar-refractivity contribution is -0.139. The molecule has 2 amide bonds. The fourth-order valence-corrected chi connectivity index (χ4v) is 7.12. The molecule has 4 rings (SSSR count). The van der Waals surface area contributed by atoms with Crippen LogP contribution in [-0.2, 0) is 26.0 Å². The zero-order chi connectivity index (χ0) is 30.3. The fraction of sp³-hybridized carbons (Fsp3) is 0.394. The van der Waals surface area contributed by atoms with Crippen LogP contribution in [0.15, 0.2) is 77.7 Å². The molecule has 1 atom stereocenters. The van der Waals surface area contributed by atoms with Crippen LogP contribution in [0.4, 0.5) is 5.69 Å². The lowest BCUT2D eigenvalue weighted by Gasteiger charge is -2.34. The van der Waals surface area contributed by atoms with Gasteiger partial charge in [0.2, 0.25) is 11.8 Å². The van der Waals surface area contributed by atoms with Gasteiger partial charge in [0, 0.05) is 17.6 Å². The van der Waals surface area contributed by atoms with Crippen molar-refractivity contribution in [3.8, 4) is 0 Å².